The lowest BCUT2D eigenvalue weighted by Crippen LogP contribution is -2.31. The molecule has 0 radical (unpaired) electrons. The van der Waals surface area contributed by atoms with Crippen LogP contribution in [-0.4, -0.2) is 17.4 Å². The molecule has 2 aromatic rings. The van der Waals surface area contributed by atoms with Crippen LogP contribution in [0.5, 0.6) is 0 Å². The van der Waals surface area contributed by atoms with Gasteiger partial charge in [-0.15, -0.1) is 0 Å². The van der Waals surface area contributed by atoms with Crippen LogP contribution >= 0.6 is 11.6 Å². The Balaban J connectivity index is 1.75. The average molecular weight is 290 g/mol. The molecule has 1 amide bonds. The van der Waals surface area contributed by atoms with Gasteiger partial charge >= 0.3 is 0 Å². The Labute approximate surface area is 123 Å². The van der Waals surface area contributed by atoms with E-state index in [4.69, 9.17) is 16.0 Å². The standard InChI is InChI=1S/C16H16ClNO2/c17-13-6-2-1-5-12(13)11-16(19)18-9-3-7-14(18)15-8-4-10-20-15/h1-2,4-6,8,10,14H,3,7,9,11H2/t14-/m1/s1. The molecular formula is C16H16ClNO2. The third-order valence-electron chi connectivity index (χ3n) is 3.74. The lowest BCUT2D eigenvalue weighted by atomic mass is 10.1. The van der Waals surface area contributed by atoms with E-state index in [0.717, 1.165) is 30.7 Å². The highest BCUT2D eigenvalue weighted by molar-refractivity contribution is 6.31. The Morgan fingerprint density at radius 3 is 2.90 bits per heavy atom. The van der Waals surface area contributed by atoms with Gasteiger partial charge in [-0.1, -0.05) is 29.8 Å². The van der Waals surface area contributed by atoms with Gasteiger partial charge in [0.05, 0.1) is 18.7 Å². The van der Waals surface area contributed by atoms with E-state index in [1.165, 1.54) is 0 Å². The molecule has 1 saturated heterocycles. The lowest BCUT2D eigenvalue weighted by Gasteiger charge is -2.23. The van der Waals surface area contributed by atoms with Crippen LogP contribution in [0.1, 0.15) is 30.2 Å². The second-order valence-corrected chi connectivity index (χ2v) is 5.44. The summed E-state index contributed by atoms with van der Waals surface area (Å²) in [6.45, 7) is 0.786. The van der Waals surface area contributed by atoms with Crippen LogP contribution in [0, 0.1) is 0 Å². The minimum Gasteiger partial charge on any atom is -0.467 e. The Bertz CT molecular complexity index is 594. The maximum absolute atomic E-state index is 12.5. The number of carbonyl (C=O) groups excluding carboxylic acids is 1. The third kappa shape index (κ3) is 2.59. The zero-order valence-electron chi connectivity index (χ0n) is 11.1. The molecule has 1 aliphatic rings. The van der Waals surface area contributed by atoms with Crippen LogP contribution in [0.15, 0.2) is 47.1 Å². The first-order valence-corrected chi connectivity index (χ1v) is 7.20. The molecule has 1 aromatic carbocycles. The average Bonchev–Trinajstić information content (AvgIpc) is 3.11. The molecule has 20 heavy (non-hydrogen) atoms. The summed E-state index contributed by atoms with van der Waals surface area (Å²) >= 11 is 6.12. The summed E-state index contributed by atoms with van der Waals surface area (Å²) in [4.78, 5) is 14.4. The Morgan fingerprint density at radius 2 is 2.15 bits per heavy atom. The van der Waals surface area contributed by atoms with Crippen molar-refractivity contribution in [3.8, 4) is 0 Å². The molecule has 0 unspecified atom stereocenters. The fourth-order valence-electron chi connectivity index (χ4n) is 2.75. The van der Waals surface area contributed by atoms with Crippen LogP contribution in [0.2, 0.25) is 5.02 Å². The van der Waals surface area contributed by atoms with Gasteiger partial charge in [-0.2, -0.15) is 0 Å². The molecule has 0 N–H and O–H groups in total. The smallest absolute Gasteiger partial charge is 0.227 e. The van der Waals surface area contributed by atoms with Crippen molar-refractivity contribution in [2.24, 2.45) is 0 Å². The number of amides is 1. The van der Waals surface area contributed by atoms with Crippen molar-refractivity contribution < 1.29 is 9.21 Å². The summed E-state index contributed by atoms with van der Waals surface area (Å²) in [5, 5.41) is 0.648. The number of hydrogen-bond donors (Lipinski definition) is 0. The second-order valence-electron chi connectivity index (χ2n) is 5.03. The van der Waals surface area contributed by atoms with Crippen molar-refractivity contribution >= 4 is 17.5 Å². The largest absolute Gasteiger partial charge is 0.467 e. The third-order valence-corrected chi connectivity index (χ3v) is 4.11. The maximum Gasteiger partial charge on any atom is 0.227 e. The van der Waals surface area contributed by atoms with Gasteiger partial charge in [-0.05, 0) is 36.6 Å². The van der Waals surface area contributed by atoms with Crippen LogP contribution in [0.4, 0.5) is 0 Å². The highest BCUT2D eigenvalue weighted by Crippen LogP contribution is 2.32. The number of furan rings is 1. The summed E-state index contributed by atoms with van der Waals surface area (Å²) in [6, 6.07) is 11.4. The van der Waals surface area contributed by atoms with Gasteiger partial charge in [0.25, 0.3) is 0 Å². The summed E-state index contributed by atoms with van der Waals surface area (Å²) in [5.74, 6) is 0.979. The number of nitrogens with zero attached hydrogens (tertiary/aromatic N) is 1. The monoisotopic (exact) mass is 289 g/mol. The normalized spacial score (nSPS) is 18.4. The topological polar surface area (TPSA) is 33.5 Å². The highest BCUT2D eigenvalue weighted by Gasteiger charge is 2.31. The second kappa shape index (κ2) is 5.71. The molecule has 0 bridgehead atoms. The van der Waals surface area contributed by atoms with Gasteiger partial charge in [-0.3, -0.25) is 4.79 Å². The Kier molecular flexibility index (Phi) is 3.79. The van der Waals surface area contributed by atoms with Crippen LogP contribution in [-0.2, 0) is 11.2 Å². The minimum atomic E-state index is 0.0694. The number of benzene rings is 1. The first-order chi connectivity index (χ1) is 9.75. The van der Waals surface area contributed by atoms with E-state index in [9.17, 15) is 4.79 Å². The number of halogens is 1. The molecule has 0 saturated carbocycles. The molecule has 3 nitrogen and oxygen atoms in total. The first kappa shape index (κ1) is 13.3. The van der Waals surface area contributed by atoms with E-state index < -0.39 is 0 Å². The van der Waals surface area contributed by atoms with Crippen molar-refractivity contribution in [2.45, 2.75) is 25.3 Å². The van der Waals surface area contributed by atoms with Gasteiger partial charge in [0, 0.05) is 11.6 Å². The molecular weight excluding hydrogens is 274 g/mol. The zero-order chi connectivity index (χ0) is 13.9. The van der Waals surface area contributed by atoms with Crippen LogP contribution in [0.25, 0.3) is 0 Å². The molecule has 3 rings (SSSR count). The van der Waals surface area contributed by atoms with Gasteiger partial charge in [0.1, 0.15) is 5.76 Å². The van der Waals surface area contributed by atoms with Crippen molar-refractivity contribution in [3.05, 3.63) is 59.0 Å². The summed E-state index contributed by atoms with van der Waals surface area (Å²) in [5.41, 5.74) is 0.879. The van der Waals surface area contributed by atoms with E-state index in [-0.39, 0.29) is 11.9 Å². The van der Waals surface area contributed by atoms with Gasteiger partial charge < -0.3 is 9.32 Å². The molecule has 4 heteroatoms. The fourth-order valence-corrected chi connectivity index (χ4v) is 2.95. The molecule has 0 spiro atoms. The molecule has 104 valence electrons. The SMILES string of the molecule is O=C(Cc1ccccc1Cl)N1CCC[C@@H]1c1ccco1. The number of hydrogen-bond acceptors (Lipinski definition) is 2. The van der Waals surface area contributed by atoms with Gasteiger partial charge in [0.2, 0.25) is 5.91 Å². The van der Waals surface area contributed by atoms with E-state index >= 15 is 0 Å². The maximum atomic E-state index is 12.5. The van der Waals surface area contributed by atoms with E-state index in [2.05, 4.69) is 0 Å². The van der Waals surface area contributed by atoms with Gasteiger partial charge in [-0.25, -0.2) is 0 Å². The summed E-state index contributed by atoms with van der Waals surface area (Å²) in [7, 11) is 0. The molecule has 2 heterocycles. The van der Waals surface area contributed by atoms with E-state index in [1.807, 2.05) is 41.3 Å². The zero-order valence-corrected chi connectivity index (χ0v) is 11.8. The van der Waals surface area contributed by atoms with Crippen LogP contribution in [0.3, 0.4) is 0 Å². The lowest BCUT2D eigenvalue weighted by molar-refractivity contribution is -0.131. The van der Waals surface area contributed by atoms with E-state index in [0.29, 0.717) is 11.4 Å². The molecule has 1 aliphatic heterocycles. The predicted molar refractivity (Wildman–Crippen MR) is 77.6 cm³/mol. The molecule has 1 aromatic heterocycles. The number of likely N-dealkylation sites (tertiary alicyclic amines) is 1. The predicted octanol–water partition coefficient (Wildman–Crippen LogP) is 3.84. The van der Waals surface area contributed by atoms with Crippen molar-refractivity contribution in [2.75, 3.05) is 6.54 Å². The Morgan fingerprint density at radius 1 is 1.30 bits per heavy atom. The summed E-state index contributed by atoms with van der Waals surface area (Å²) < 4.78 is 5.45. The van der Waals surface area contributed by atoms with Crippen LogP contribution < -0.4 is 0 Å². The van der Waals surface area contributed by atoms with Crippen molar-refractivity contribution in [3.63, 3.8) is 0 Å². The quantitative estimate of drug-likeness (QED) is 0.860. The first-order valence-electron chi connectivity index (χ1n) is 6.82. The fraction of sp³-hybridized carbons (Fsp3) is 0.312. The van der Waals surface area contributed by atoms with E-state index in [1.54, 1.807) is 6.26 Å². The summed E-state index contributed by atoms with van der Waals surface area (Å²) in [6.07, 6.45) is 3.97. The molecule has 1 atom stereocenters. The molecule has 0 aliphatic carbocycles. The van der Waals surface area contributed by atoms with Crippen molar-refractivity contribution in [1.82, 2.24) is 4.90 Å². The molecule has 1 fully saturated rings. The van der Waals surface area contributed by atoms with Gasteiger partial charge in [0.15, 0.2) is 0 Å². The number of carbonyl (C=O) groups is 1. The minimum absolute atomic E-state index is 0.0694. The highest BCUT2D eigenvalue weighted by atomic mass is 35.5. The Hall–Kier alpha value is -1.74. The van der Waals surface area contributed by atoms with Crippen molar-refractivity contribution in [1.29, 1.82) is 0 Å². The number of rotatable bonds is 3.